The van der Waals surface area contributed by atoms with Gasteiger partial charge in [-0.05, 0) is 13.8 Å². The van der Waals surface area contributed by atoms with Gasteiger partial charge >= 0.3 is 11.9 Å². The molecule has 0 unspecified atom stereocenters. The summed E-state index contributed by atoms with van der Waals surface area (Å²) >= 11 is 0. The Morgan fingerprint density at radius 2 is 2.28 bits per heavy atom. The Labute approximate surface area is 105 Å². The molecule has 0 spiro atoms. The molecule has 2 N–H and O–H groups in total. The van der Waals surface area contributed by atoms with Crippen LogP contribution in [0.1, 0.15) is 29.9 Å². The van der Waals surface area contributed by atoms with E-state index >= 15 is 0 Å². The van der Waals surface area contributed by atoms with E-state index in [1.165, 1.54) is 13.3 Å². The number of nitrogens with one attached hydrogen (secondary N) is 2. The summed E-state index contributed by atoms with van der Waals surface area (Å²) in [7, 11) is 1.32. The smallest absolute Gasteiger partial charge is 0.356 e. The lowest BCUT2D eigenvalue weighted by Crippen LogP contribution is -2.34. The van der Waals surface area contributed by atoms with Crippen molar-refractivity contribution in [1.82, 2.24) is 15.5 Å². The number of esters is 2. The molecule has 0 saturated heterocycles. The van der Waals surface area contributed by atoms with Gasteiger partial charge in [0.25, 0.3) is 0 Å². The van der Waals surface area contributed by atoms with E-state index in [9.17, 15) is 9.59 Å². The highest BCUT2D eigenvalue weighted by Gasteiger charge is 2.17. The molecule has 0 fully saturated rings. The molecule has 0 aromatic carbocycles. The molecule has 7 heteroatoms. The quantitative estimate of drug-likeness (QED) is 0.707. The minimum Gasteiger partial charge on any atom is -0.468 e. The Morgan fingerprint density at radius 3 is 2.89 bits per heavy atom. The van der Waals surface area contributed by atoms with Crippen LogP contribution in [0.25, 0.3) is 0 Å². The van der Waals surface area contributed by atoms with E-state index < -0.39 is 12.0 Å². The number of aromatic amines is 1. The summed E-state index contributed by atoms with van der Waals surface area (Å²) < 4.78 is 9.45. The highest BCUT2D eigenvalue weighted by molar-refractivity contribution is 5.88. The second kappa shape index (κ2) is 6.75. The van der Waals surface area contributed by atoms with Gasteiger partial charge in [0, 0.05) is 12.1 Å². The molecule has 1 heterocycles. The summed E-state index contributed by atoms with van der Waals surface area (Å²) in [5, 5.41) is 9.29. The van der Waals surface area contributed by atoms with Crippen molar-refractivity contribution in [3.05, 3.63) is 17.5 Å². The van der Waals surface area contributed by atoms with E-state index in [0.717, 1.165) is 0 Å². The molecule has 0 saturated carbocycles. The summed E-state index contributed by atoms with van der Waals surface area (Å²) in [4.78, 5) is 22.7. The molecule has 0 amide bonds. The predicted molar refractivity (Wildman–Crippen MR) is 62.9 cm³/mol. The van der Waals surface area contributed by atoms with E-state index in [1.807, 2.05) is 0 Å². The maximum atomic E-state index is 11.5. The summed E-state index contributed by atoms with van der Waals surface area (Å²) in [5.41, 5.74) is 0.936. The zero-order valence-electron chi connectivity index (χ0n) is 10.6. The summed E-state index contributed by atoms with van der Waals surface area (Å²) in [6.07, 6.45) is 1.52. The lowest BCUT2D eigenvalue weighted by atomic mass is 10.2. The molecule has 0 aliphatic heterocycles. The first-order chi connectivity index (χ1) is 8.60. The highest BCUT2D eigenvalue weighted by Crippen LogP contribution is 2.06. The lowest BCUT2D eigenvalue weighted by Gasteiger charge is -2.11. The number of rotatable bonds is 6. The van der Waals surface area contributed by atoms with Gasteiger partial charge in [0.15, 0.2) is 0 Å². The number of nitrogens with zero attached hydrogens (tertiary/aromatic N) is 1. The number of H-pyrrole nitrogens is 1. The first-order valence-electron chi connectivity index (χ1n) is 5.60. The van der Waals surface area contributed by atoms with Crippen molar-refractivity contribution < 1.29 is 19.1 Å². The summed E-state index contributed by atoms with van der Waals surface area (Å²) in [6, 6.07) is -0.458. The molecular formula is C11H17N3O4. The number of hydrogen-bond donors (Lipinski definition) is 2. The number of carbonyl (C=O) groups is 2. The maximum Gasteiger partial charge on any atom is 0.356 e. The minimum atomic E-state index is -0.461. The molecule has 1 rings (SSSR count). The molecule has 1 aromatic heterocycles. The molecular weight excluding hydrogens is 238 g/mol. The fraction of sp³-hybridized carbons (Fsp3) is 0.545. The van der Waals surface area contributed by atoms with Crippen LogP contribution in [0.4, 0.5) is 0 Å². The first kappa shape index (κ1) is 14.2. The van der Waals surface area contributed by atoms with Gasteiger partial charge in [0.05, 0.1) is 19.9 Å². The average molecular weight is 255 g/mol. The lowest BCUT2D eigenvalue weighted by molar-refractivity contribution is -0.142. The van der Waals surface area contributed by atoms with E-state index in [4.69, 9.17) is 4.74 Å². The Balaban J connectivity index is 2.60. The van der Waals surface area contributed by atoms with Gasteiger partial charge in [0.1, 0.15) is 11.7 Å². The van der Waals surface area contributed by atoms with Crippen LogP contribution >= 0.6 is 0 Å². The molecule has 1 atom stereocenters. The normalized spacial score (nSPS) is 11.9. The standard InChI is InChI=1S/C11H17N3O4/c1-4-18-11(16)9-8(6-13-14-9)5-12-7(2)10(15)17-3/h6-7,12H,4-5H2,1-3H3,(H,13,14)/t7-/m0/s1. The van der Waals surface area contributed by atoms with Crippen LogP contribution in [0, 0.1) is 0 Å². The molecule has 0 aliphatic carbocycles. The van der Waals surface area contributed by atoms with Gasteiger partial charge in [-0.15, -0.1) is 0 Å². The monoisotopic (exact) mass is 255 g/mol. The third kappa shape index (κ3) is 3.56. The van der Waals surface area contributed by atoms with Gasteiger partial charge in [-0.2, -0.15) is 5.10 Å². The van der Waals surface area contributed by atoms with E-state index in [2.05, 4.69) is 20.3 Å². The van der Waals surface area contributed by atoms with Crippen LogP contribution < -0.4 is 5.32 Å². The number of carbonyl (C=O) groups excluding carboxylic acids is 2. The van der Waals surface area contributed by atoms with Gasteiger partial charge in [-0.3, -0.25) is 9.89 Å². The number of ether oxygens (including phenoxy) is 2. The highest BCUT2D eigenvalue weighted by atomic mass is 16.5. The van der Waals surface area contributed by atoms with Gasteiger partial charge in [-0.25, -0.2) is 4.79 Å². The maximum absolute atomic E-state index is 11.5. The Hall–Kier alpha value is -1.89. The average Bonchev–Trinajstić information content (AvgIpc) is 2.83. The molecule has 18 heavy (non-hydrogen) atoms. The first-order valence-corrected chi connectivity index (χ1v) is 5.60. The van der Waals surface area contributed by atoms with Gasteiger partial charge in [0.2, 0.25) is 0 Å². The van der Waals surface area contributed by atoms with Crippen LogP contribution in [-0.4, -0.2) is 41.9 Å². The van der Waals surface area contributed by atoms with Crippen molar-refractivity contribution in [3.8, 4) is 0 Å². The van der Waals surface area contributed by atoms with Gasteiger partial charge < -0.3 is 14.8 Å². The molecule has 100 valence electrons. The van der Waals surface area contributed by atoms with Crippen molar-refractivity contribution in [2.45, 2.75) is 26.4 Å². The van der Waals surface area contributed by atoms with Crippen molar-refractivity contribution in [1.29, 1.82) is 0 Å². The van der Waals surface area contributed by atoms with Crippen molar-refractivity contribution >= 4 is 11.9 Å². The van der Waals surface area contributed by atoms with E-state index in [0.29, 0.717) is 24.4 Å². The summed E-state index contributed by atoms with van der Waals surface area (Å²) in [5.74, 6) is -0.825. The van der Waals surface area contributed by atoms with E-state index in [-0.39, 0.29) is 5.97 Å². The predicted octanol–water partition coefficient (Wildman–Crippen LogP) is 0.238. The molecule has 0 radical (unpaired) electrons. The van der Waals surface area contributed by atoms with Crippen molar-refractivity contribution in [2.24, 2.45) is 0 Å². The van der Waals surface area contributed by atoms with Crippen LogP contribution in [0.3, 0.4) is 0 Å². The number of hydrogen-bond acceptors (Lipinski definition) is 6. The third-order valence-corrected chi connectivity index (χ3v) is 2.35. The largest absolute Gasteiger partial charge is 0.468 e. The molecule has 0 bridgehead atoms. The van der Waals surface area contributed by atoms with Crippen molar-refractivity contribution in [2.75, 3.05) is 13.7 Å². The fourth-order valence-electron chi connectivity index (χ4n) is 1.35. The Morgan fingerprint density at radius 1 is 1.56 bits per heavy atom. The zero-order chi connectivity index (χ0) is 13.5. The Bertz CT molecular complexity index is 416. The second-order valence-corrected chi connectivity index (χ2v) is 3.62. The molecule has 0 aliphatic rings. The fourth-order valence-corrected chi connectivity index (χ4v) is 1.35. The van der Waals surface area contributed by atoms with Crippen LogP contribution in [0.2, 0.25) is 0 Å². The molecule has 7 nitrogen and oxygen atoms in total. The van der Waals surface area contributed by atoms with E-state index in [1.54, 1.807) is 13.8 Å². The van der Waals surface area contributed by atoms with Crippen LogP contribution in [-0.2, 0) is 20.8 Å². The van der Waals surface area contributed by atoms with Crippen molar-refractivity contribution in [3.63, 3.8) is 0 Å². The Kier molecular flexibility index (Phi) is 5.31. The molecule has 1 aromatic rings. The minimum absolute atomic E-state index is 0.293. The number of aromatic nitrogens is 2. The SMILES string of the molecule is CCOC(=O)c1[nH]ncc1CN[C@@H](C)C(=O)OC. The second-order valence-electron chi connectivity index (χ2n) is 3.62. The van der Waals surface area contributed by atoms with Gasteiger partial charge in [-0.1, -0.05) is 0 Å². The summed E-state index contributed by atoms with van der Waals surface area (Å²) in [6.45, 7) is 4.02. The third-order valence-electron chi connectivity index (χ3n) is 2.35. The zero-order valence-corrected chi connectivity index (χ0v) is 10.6. The van der Waals surface area contributed by atoms with Crippen LogP contribution in [0.5, 0.6) is 0 Å². The van der Waals surface area contributed by atoms with Crippen LogP contribution in [0.15, 0.2) is 6.20 Å². The topological polar surface area (TPSA) is 93.3 Å². The number of methoxy groups -OCH3 is 1.